The summed E-state index contributed by atoms with van der Waals surface area (Å²) in [4.78, 5) is 0. The van der Waals surface area contributed by atoms with E-state index < -0.39 is 8.07 Å². The molecule has 24 heavy (non-hydrogen) atoms. The second kappa shape index (κ2) is 8.86. The number of hydrogen-bond acceptors (Lipinski definition) is 3. The Bertz CT molecular complexity index is 511. The molecule has 1 aliphatic rings. The molecule has 0 heterocycles. The van der Waals surface area contributed by atoms with E-state index in [0.717, 1.165) is 30.5 Å². The maximum atomic E-state index is 13.6. The van der Waals surface area contributed by atoms with Gasteiger partial charge in [-0.3, -0.25) is 0 Å². The van der Waals surface area contributed by atoms with E-state index in [9.17, 15) is 4.39 Å². The van der Waals surface area contributed by atoms with E-state index in [1.165, 1.54) is 25.0 Å². The molecule has 0 atom stereocenters. The number of anilines is 1. The van der Waals surface area contributed by atoms with Gasteiger partial charge in [-0.05, 0) is 49.8 Å². The minimum absolute atomic E-state index is 0.171. The van der Waals surface area contributed by atoms with Gasteiger partial charge in [0.1, 0.15) is 11.6 Å². The molecule has 2 rings (SSSR count). The van der Waals surface area contributed by atoms with Crippen molar-refractivity contribution in [2.24, 2.45) is 5.92 Å². The van der Waals surface area contributed by atoms with Crippen LogP contribution in [0.5, 0.6) is 5.75 Å². The highest BCUT2D eigenvalue weighted by Crippen LogP contribution is 2.31. The van der Waals surface area contributed by atoms with Gasteiger partial charge in [-0.1, -0.05) is 26.6 Å². The fourth-order valence-electron chi connectivity index (χ4n) is 2.90. The first-order valence-electron chi connectivity index (χ1n) is 9.10. The van der Waals surface area contributed by atoms with E-state index in [1.54, 1.807) is 6.07 Å². The molecule has 0 spiro atoms. The van der Waals surface area contributed by atoms with Crippen LogP contribution in [0.25, 0.3) is 0 Å². The zero-order valence-electron chi connectivity index (χ0n) is 15.5. The molecule has 5 heteroatoms. The van der Waals surface area contributed by atoms with Gasteiger partial charge in [0.05, 0.1) is 5.69 Å². The molecule has 1 aromatic rings. The molecule has 1 saturated carbocycles. The normalized spacial score (nSPS) is 21.5. The van der Waals surface area contributed by atoms with E-state index in [0.29, 0.717) is 18.4 Å². The predicted molar refractivity (Wildman–Crippen MR) is 101 cm³/mol. The van der Waals surface area contributed by atoms with Gasteiger partial charge < -0.3 is 14.8 Å². The van der Waals surface area contributed by atoms with Crippen LogP contribution in [0.3, 0.4) is 0 Å². The number of benzene rings is 1. The fourth-order valence-corrected chi connectivity index (χ4v) is 3.66. The SMILES string of the molecule is CC1CCC(Nc2ccc(F)cc2OCOCC[Si](C)(C)C)CC1. The summed E-state index contributed by atoms with van der Waals surface area (Å²) in [5, 5.41) is 3.52. The van der Waals surface area contributed by atoms with Crippen molar-refractivity contribution < 1.29 is 13.9 Å². The first-order chi connectivity index (χ1) is 11.3. The van der Waals surface area contributed by atoms with Crippen molar-refractivity contribution in [3.05, 3.63) is 24.0 Å². The van der Waals surface area contributed by atoms with Crippen LogP contribution in [0.4, 0.5) is 10.1 Å². The molecule has 1 fully saturated rings. The molecule has 0 aliphatic heterocycles. The highest BCUT2D eigenvalue weighted by Gasteiger charge is 2.19. The maximum absolute atomic E-state index is 13.6. The van der Waals surface area contributed by atoms with Gasteiger partial charge in [-0.15, -0.1) is 0 Å². The van der Waals surface area contributed by atoms with Crippen LogP contribution in [-0.2, 0) is 4.74 Å². The quantitative estimate of drug-likeness (QED) is 0.380. The van der Waals surface area contributed by atoms with E-state index in [1.807, 2.05) is 0 Å². The van der Waals surface area contributed by atoms with Crippen LogP contribution < -0.4 is 10.1 Å². The lowest BCUT2D eigenvalue weighted by Crippen LogP contribution is -2.25. The summed E-state index contributed by atoms with van der Waals surface area (Å²) in [5.74, 6) is 1.07. The van der Waals surface area contributed by atoms with Crippen LogP contribution >= 0.6 is 0 Å². The molecular weight excluding hydrogens is 321 g/mol. The first kappa shape index (κ1) is 19.3. The van der Waals surface area contributed by atoms with Crippen molar-refractivity contribution in [3.63, 3.8) is 0 Å². The van der Waals surface area contributed by atoms with Gasteiger partial charge in [0.2, 0.25) is 0 Å². The average Bonchev–Trinajstić information content (AvgIpc) is 2.50. The van der Waals surface area contributed by atoms with E-state index in [-0.39, 0.29) is 12.6 Å². The lowest BCUT2D eigenvalue weighted by molar-refractivity contribution is 0.0223. The summed E-state index contributed by atoms with van der Waals surface area (Å²) < 4.78 is 24.8. The minimum atomic E-state index is -1.09. The molecule has 1 aromatic carbocycles. The summed E-state index contributed by atoms with van der Waals surface area (Å²) in [6.07, 6.45) is 4.80. The number of halogens is 1. The van der Waals surface area contributed by atoms with Gasteiger partial charge in [0.15, 0.2) is 6.79 Å². The van der Waals surface area contributed by atoms with Crippen LogP contribution in [0.1, 0.15) is 32.6 Å². The first-order valence-corrected chi connectivity index (χ1v) is 12.8. The van der Waals surface area contributed by atoms with E-state index >= 15 is 0 Å². The third-order valence-corrected chi connectivity index (χ3v) is 6.32. The summed E-state index contributed by atoms with van der Waals surface area (Å²) in [7, 11) is -1.09. The van der Waals surface area contributed by atoms with E-state index in [4.69, 9.17) is 9.47 Å². The third-order valence-electron chi connectivity index (χ3n) is 4.61. The van der Waals surface area contributed by atoms with Crippen molar-refractivity contribution in [2.45, 2.75) is 64.3 Å². The van der Waals surface area contributed by atoms with Crippen LogP contribution in [0.2, 0.25) is 25.7 Å². The van der Waals surface area contributed by atoms with Crippen molar-refractivity contribution >= 4 is 13.8 Å². The third kappa shape index (κ3) is 6.81. The van der Waals surface area contributed by atoms with Gasteiger partial charge in [0, 0.05) is 26.8 Å². The molecular formula is C19H32FNO2Si. The molecule has 0 aromatic heterocycles. The van der Waals surface area contributed by atoms with Crippen LogP contribution in [-0.4, -0.2) is 27.5 Å². The van der Waals surface area contributed by atoms with Crippen molar-refractivity contribution in [3.8, 4) is 5.75 Å². The molecule has 0 radical (unpaired) electrons. The highest BCUT2D eigenvalue weighted by molar-refractivity contribution is 6.76. The fraction of sp³-hybridized carbons (Fsp3) is 0.684. The van der Waals surface area contributed by atoms with Gasteiger partial charge in [-0.2, -0.15) is 0 Å². The molecule has 0 amide bonds. The van der Waals surface area contributed by atoms with Crippen molar-refractivity contribution in [2.75, 3.05) is 18.7 Å². The highest BCUT2D eigenvalue weighted by atomic mass is 28.3. The molecule has 0 bridgehead atoms. The zero-order valence-corrected chi connectivity index (χ0v) is 16.5. The zero-order chi connectivity index (χ0) is 17.6. The monoisotopic (exact) mass is 353 g/mol. The van der Waals surface area contributed by atoms with Crippen molar-refractivity contribution in [1.82, 2.24) is 0 Å². The number of nitrogens with one attached hydrogen (secondary N) is 1. The molecule has 136 valence electrons. The predicted octanol–water partition coefficient (Wildman–Crippen LogP) is 5.51. The standard InChI is InChI=1S/C19H32FNO2Si/c1-15-5-8-17(9-6-15)21-18-10-7-16(20)13-19(18)23-14-22-11-12-24(2,3)4/h7,10,13,15,17,21H,5-6,8-9,11-12,14H2,1-4H3. The molecule has 0 unspecified atom stereocenters. The Morgan fingerprint density at radius 3 is 2.54 bits per heavy atom. The van der Waals surface area contributed by atoms with Gasteiger partial charge in [0.25, 0.3) is 0 Å². The molecule has 0 saturated heterocycles. The van der Waals surface area contributed by atoms with Gasteiger partial charge in [-0.25, -0.2) is 4.39 Å². The van der Waals surface area contributed by atoms with Crippen molar-refractivity contribution in [1.29, 1.82) is 0 Å². The van der Waals surface area contributed by atoms with Crippen LogP contribution in [0, 0.1) is 11.7 Å². The summed E-state index contributed by atoms with van der Waals surface area (Å²) in [6.45, 7) is 10.1. The second-order valence-electron chi connectivity index (χ2n) is 8.22. The summed E-state index contributed by atoms with van der Waals surface area (Å²) in [6, 6.07) is 6.24. The Morgan fingerprint density at radius 2 is 1.88 bits per heavy atom. The summed E-state index contributed by atoms with van der Waals surface area (Å²) >= 11 is 0. The molecule has 1 aliphatic carbocycles. The Balaban J connectivity index is 1.85. The Hall–Kier alpha value is -1.07. The largest absolute Gasteiger partial charge is 0.465 e. The average molecular weight is 354 g/mol. The lowest BCUT2D eigenvalue weighted by atomic mass is 9.87. The van der Waals surface area contributed by atoms with Crippen LogP contribution in [0.15, 0.2) is 18.2 Å². The smallest absolute Gasteiger partial charge is 0.189 e. The molecule has 3 nitrogen and oxygen atoms in total. The number of hydrogen-bond donors (Lipinski definition) is 1. The topological polar surface area (TPSA) is 30.5 Å². The van der Waals surface area contributed by atoms with E-state index in [2.05, 4.69) is 31.9 Å². The minimum Gasteiger partial charge on any atom is -0.465 e. The Kier molecular flexibility index (Phi) is 7.11. The second-order valence-corrected chi connectivity index (χ2v) is 13.8. The maximum Gasteiger partial charge on any atom is 0.189 e. The van der Waals surface area contributed by atoms with Gasteiger partial charge >= 0.3 is 0 Å². The summed E-state index contributed by atoms with van der Waals surface area (Å²) in [5.41, 5.74) is 0.866. The lowest BCUT2D eigenvalue weighted by Gasteiger charge is -2.28. The Morgan fingerprint density at radius 1 is 1.17 bits per heavy atom. The molecule has 1 N–H and O–H groups in total. The Labute approximate surface area is 146 Å². The number of rotatable bonds is 8. The number of ether oxygens (including phenoxy) is 2.